The Labute approximate surface area is 134 Å². The van der Waals surface area contributed by atoms with Gasteiger partial charge in [0.25, 0.3) is 5.91 Å². The molecule has 3 heterocycles. The Kier molecular flexibility index (Phi) is 4.68. The minimum atomic E-state index is -0.510. The summed E-state index contributed by atoms with van der Waals surface area (Å²) in [6, 6.07) is 3.35. The van der Waals surface area contributed by atoms with E-state index in [4.69, 9.17) is 14.3 Å². The standard InChI is InChI=1S/C16H22N2O5/c19-8-4-14(20)17-7-10-23-16(11-17)5-2-6-18(12-16)15(21)13-3-1-9-22-13/h1,3,9,19H,2,4-8,10-12H2/t16-/m0/s1. The van der Waals surface area contributed by atoms with Crippen molar-refractivity contribution in [2.45, 2.75) is 24.9 Å². The highest BCUT2D eigenvalue weighted by Gasteiger charge is 2.43. The third-order valence-corrected chi connectivity index (χ3v) is 4.49. The van der Waals surface area contributed by atoms with Gasteiger partial charge in [0.1, 0.15) is 5.60 Å². The normalized spacial score (nSPS) is 24.9. The topological polar surface area (TPSA) is 83.2 Å². The van der Waals surface area contributed by atoms with Crippen LogP contribution in [0.1, 0.15) is 29.8 Å². The Morgan fingerprint density at radius 3 is 2.83 bits per heavy atom. The van der Waals surface area contributed by atoms with Crippen molar-refractivity contribution in [2.75, 3.05) is 39.4 Å². The summed E-state index contributed by atoms with van der Waals surface area (Å²) in [5, 5.41) is 8.95. The number of rotatable bonds is 3. The Bertz CT molecular complexity index is 555. The molecule has 0 aliphatic carbocycles. The Balaban J connectivity index is 1.69. The smallest absolute Gasteiger partial charge is 0.289 e. The zero-order chi connectivity index (χ0) is 16.3. The molecule has 2 fully saturated rings. The number of ether oxygens (including phenoxy) is 1. The summed E-state index contributed by atoms with van der Waals surface area (Å²) in [4.78, 5) is 28.0. The van der Waals surface area contributed by atoms with Gasteiger partial charge < -0.3 is 24.1 Å². The van der Waals surface area contributed by atoms with Crippen LogP contribution in [0, 0.1) is 0 Å². The molecular formula is C16H22N2O5. The first kappa shape index (κ1) is 16.0. The third-order valence-electron chi connectivity index (χ3n) is 4.49. The van der Waals surface area contributed by atoms with E-state index in [-0.39, 0.29) is 24.8 Å². The van der Waals surface area contributed by atoms with Gasteiger partial charge in [0, 0.05) is 19.5 Å². The summed E-state index contributed by atoms with van der Waals surface area (Å²) < 4.78 is 11.2. The molecule has 0 radical (unpaired) electrons. The molecule has 3 rings (SSSR count). The molecule has 1 aromatic heterocycles. The van der Waals surface area contributed by atoms with E-state index in [1.165, 1.54) is 6.26 Å². The highest BCUT2D eigenvalue weighted by Crippen LogP contribution is 2.30. The van der Waals surface area contributed by atoms with Crippen molar-refractivity contribution in [3.63, 3.8) is 0 Å². The quantitative estimate of drug-likeness (QED) is 0.876. The van der Waals surface area contributed by atoms with Gasteiger partial charge in [-0.3, -0.25) is 9.59 Å². The number of furan rings is 1. The number of aliphatic hydroxyl groups excluding tert-OH is 1. The van der Waals surface area contributed by atoms with Gasteiger partial charge in [-0.15, -0.1) is 0 Å². The number of hydrogen-bond acceptors (Lipinski definition) is 5. The number of nitrogens with zero attached hydrogens (tertiary/aromatic N) is 2. The fraction of sp³-hybridized carbons (Fsp3) is 0.625. The van der Waals surface area contributed by atoms with E-state index in [0.29, 0.717) is 38.5 Å². The summed E-state index contributed by atoms with van der Waals surface area (Å²) in [5.74, 6) is 0.118. The molecule has 0 bridgehead atoms. The lowest BCUT2D eigenvalue weighted by Crippen LogP contribution is -2.61. The van der Waals surface area contributed by atoms with Crippen LogP contribution in [0.25, 0.3) is 0 Å². The second kappa shape index (κ2) is 6.72. The fourth-order valence-corrected chi connectivity index (χ4v) is 3.39. The summed E-state index contributed by atoms with van der Waals surface area (Å²) in [5.41, 5.74) is -0.510. The van der Waals surface area contributed by atoms with Crippen LogP contribution in [-0.2, 0) is 9.53 Å². The van der Waals surface area contributed by atoms with Crippen LogP contribution in [0.3, 0.4) is 0 Å². The summed E-state index contributed by atoms with van der Waals surface area (Å²) in [6.45, 7) is 2.43. The number of likely N-dealkylation sites (tertiary alicyclic amines) is 1. The molecule has 1 spiro atoms. The number of carbonyl (C=O) groups excluding carboxylic acids is 2. The van der Waals surface area contributed by atoms with Gasteiger partial charge in [-0.2, -0.15) is 0 Å². The fourth-order valence-electron chi connectivity index (χ4n) is 3.39. The molecule has 2 aliphatic rings. The van der Waals surface area contributed by atoms with Crippen molar-refractivity contribution in [2.24, 2.45) is 0 Å². The van der Waals surface area contributed by atoms with Crippen LogP contribution in [0.5, 0.6) is 0 Å². The summed E-state index contributed by atoms with van der Waals surface area (Å²) >= 11 is 0. The zero-order valence-corrected chi connectivity index (χ0v) is 13.1. The highest BCUT2D eigenvalue weighted by atomic mass is 16.5. The van der Waals surface area contributed by atoms with Crippen LogP contribution < -0.4 is 0 Å². The predicted molar refractivity (Wildman–Crippen MR) is 80.8 cm³/mol. The zero-order valence-electron chi connectivity index (χ0n) is 13.1. The van der Waals surface area contributed by atoms with E-state index in [2.05, 4.69) is 0 Å². The summed E-state index contributed by atoms with van der Waals surface area (Å²) in [6.07, 6.45) is 3.26. The highest BCUT2D eigenvalue weighted by molar-refractivity contribution is 5.91. The summed E-state index contributed by atoms with van der Waals surface area (Å²) in [7, 11) is 0. The molecule has 1 aromatic rings. The van der Waals surface area contributed by atoms with Crippen LogP contribution in [0.4, 0.5) is 0 Å². The first-order valence-corrected chi connectivity index (χ1v) is 7.99. The molecule has 7 heteroatoms. The van der Waals surface area contributed by atoms with Crippen molar-refractivity contribution >= 4 is 11.8 Å². The third kappa shape index (κ3) is 3.40. The SMILES string of the molecule is O=C(CCO)N1CCO[C@@]2(CCCN(C(=O)c3ccco3)C2)C1. The number of carbonyl (C=O) groups is 2. The van der Waals surface area contributed by atoms with E-state index in [1.54, 1.807) is 21.9 Å². The molecule has 1 N–H and O–H groups in total. The van der Waals surface area contributed by atoms with Crippen LogP contribution >= 0.6 is 0 Å². The van der Waals surface area contributed by atoms with E-state index in [0.717, 1.165) is 12.8 Å². The second-order valence-electron chi connectivity index (χ2n) is 6.13. The number of piperidine rings is 1. The van der Waals surface area contributed by atoms with Crippen molar-refractivity contribution < 1.29 is 23.8 Å². The number of morpholine rings is 1. The van der Waals surface area contributed by atoms with Gasteiger partial charge in [0.2, 0.25) is 5.91 Å². The molecule has 2 saturated heterocycles. The molecule has 2 aliphatic heterocycles. The van der Waals surface area contributed by atoms with Crippen LogP contribution in [0.15, 0.2) is 22.8 Å². The lowest BCUT2D eigenvalue weighted by Gasteiger charge is -2.47. The largest absolute Gasteiger partial charge is 0.459 e. The Morgan fingerprint density at radius 1 is 1.26 bits per heavy atom. The molecule has 126 valence electrons. The Morgan fingerprint density at radius 2 is 2.09 bits per heavy atom. The molecule has 0 aromatic carbocycles. The van der Waals surface area contributed by atoms with Gasteiger partial charge in [0.15, 0.2) is 5.76 Å². The molecule has 7 nitrogen and oxygen atoms in total. The van der Waals surface area contributed by atoms with E-state index in [1.807, 2.05) is 0 Å². The lowest BCUT2D eigenvalue weighted by molar-refractivity contribution is -0.159. The second-order valence-corrected chi connectivity index (χ2v) is 6.13. The maximum absolute atomic E-state index is 12.5. The lowest BCUT2D eigenvalue weighted by atomic mass is 9.90. The molecule has 1 atom stereocenters. The monoisotopic (exact) mass is 322 g/mol. The average Bonchev–Trinajstić information content (AvgIpc) is 3.09. The molecule has 2 amide bonds. The van der Waals surface area contributed by atoms with Crippen molar-refractivity contribution in [1.82, 2.24) is 9.80 Å². The van der Waals surface area contributed by atoms with Gasteiger partial charge in [-0.25, -0.2) is 0 Å². The van der Waals surface area contributed by atoms with Crippen LogP contribution in [0.2, 0.25) is 0 Å². The Hall–Kier alpha value is -1.86. The van der Waals surface area contributed by atoms with Gasteiger partial charge in [-0.05, 0) is 25.0 Å². The van der Waals surface area contributed by atoms with Crippen molar-refractivity contribution in [3.8, 4) is 0 Å². The van der Waals surface area contributed by atoms with Crippen molar-refractivity contribution in [3.05, 3.63) is 24.2 Å². The van der Waals surface area contributed by atoms with Gasteiger partial charge >= 0.3 is 0 Å². The maximum Gasteiger partial charge on any atom is 0.289 e. The minimum absolute atomic E-state index is 0.0651. The van der Waals surface area contributed by atoms with Gasteiger partial charge in [-0.1, -0.05) is 0 Å². The molecular weight excluding hydrogens is 300 g/mol. The molecule has 0 unspecified atom stereocenters. The van der Waals surface area contributed by atoms with E-state index < -0.39 is 5.60 Å². The number of amides is 2. The number of aliphatic hydroxyl groups is 1. The predicted octanol–water partition coefficient (Wildman–Crippen LogP) is 0.496. The maximum atomic E-state index is 12.5. The molecule has 23 heavy (non-hydrogen) atoms. The minimum Gasteiger partial charge on any atom is -0.459 e. The first-order chi connectivity index (χ1) is 11.1. The number of hydrogen-bond donors (Lipinski definition) is 1. The van der Waals surface area contributed by atoms with Gasteiger partial charge in [0.05, 0.1) is 32.6 Å². The van der Waals surface area contributed by atoms with E-state index >= 15 is 0 Å². The average molecular weight is 322 g/mol. The van der Waals surface area contributed by atoms with E-state index in [9.17, 15) is 9.59 Å². The first-order valence-electron chi connectivity index (χ1n) is 7.99. The van der Waals surface area contributed by atoms with Crippen LogP contribution in [-0.4, -0.2) is 71.7 Å². The molecule has 0 saturated carbocycles. The van der Waals surface area contributed by atoms with Crippen molar-refractivity contribution in [1.29, 1.82) is 0 Å².